The molecular formula is C10H15N3S. The van der Waals surface area contributed by atoms with Crippen molar-refractivity contribution < 1.29 is 0 Å². The number of thioether (sulfide) groups is 1. The summed E-state index contributed by atoms with van der Waals surface area (Å²) in [7, 11) is 0. The van der Waals surface area contributed by atoms with Crippen molar-refractivity contribution >= 4 is 11.8 Å². The molecule has 1 N–H and O–H groups in total. The van der Waals surface area contributed by atoms with E-state index in [-0.39, 0.29) is 0 Å². The highest BCUT2D eigenvalue weighted by Gasteiger charge is 2.19. The summed E-state index contributed by atoms with van der Waals surface area (Å²) in [5.74, 6) is 2.06. The van der Waals surface area contributed by atoms with Gasteiger partial charge in [0, 0.05) is 18.5 Å². The van der Waals surface area contributed by atoms with E-state index in [9.17, 15) is 0 Å². The molecule has 2 rings (SSSR count). The first-order valence-corrected chi connectivity index (χ1v) is 6.03. The van der Waals surface area contributed by atoms with Crippen LogP contribution in [0, 0.1) is 5.92 Å². The Kier molecular flexibility index (Phi) is 3.77. The molecule has 1 aromatic heterocycles. The fraction of sp³-hybridized carbons (Fsp3) is 0.600. The lowest BCUT2D eigenvalue weighted by atomic mass is 10.4. The maximum absolute atomic E-state index is 4.15. The molecule has 0 atom stereocenters. The van der Waals surface area contributed by atoms with Gasteiger partial charge in [-0.3, -0.25) is 0 Å². The lowest BCUT2D eigenvalue weighted by molar-refractivity contribution is 0.665. The monoisotopic (exact) mass is 209 g/mol. The smallest absolute Gasteiger partial charge is 0.116 e. The van der Waals surface area contributed by atoms with Crippen LogP contribution in [0.15, 0.2) is 23.6 Å². The average Bonchev–Trinajstić information content (AvgIpc) is 3.03. The molecule has 1 saturated carbocycles. The quantitative estimate of drug-likeness (QED) is 0.438. The second-order valence-corrected chi connectivity index (χ2v) is 4.66. The summed E-state index contributed by atoms with van der Waals surface area (Å²) in [6, 6.07) is 1.95. The van der Waals surface area contributed by atoms with E-state index < -0.39 is 0 Å². The number of hydrogen-bond donors (Lipinski definition) is 1. The van der Waals surface area contributed by atoms with Crippen LogP contribution in [0.3, 0.4) is 0 Å². The first-order chi connectivity index (χ1) is 6.95. The number of nitrogens with one attached hydrogen (secondary N) is 1. The third kappa shape index (κ3) is 3.64. The van der Waals surface area contributed by atoms with Gasteiger partial charge in [-0.1, -0.05) is 0 Å². The van der Waals surface area contributed by atoms with Gasteiger partial charge in [-0.2, -0.15) is 0 Å². The topological polar surface area (TPSA) is 37.8 Å². The van der Waals surface area contributed by atoms with Crippen molar-refractivity contribution in [2.45, 2.75) is 17.9 Å². The van der Waals surface area contributed by atoms with Gasteiger partial charge in [0.2, 0.25) is 0 Å². The maximum atomic E-state index is 4.15. The van der Waals surface area contributed by atoms with E-state index in [0.29, 0.717) is 0 Å². The minimum absolute atomic E-state index is 0.971. The molecule has 1 fully saturated rings. The normalized spacial score (nSPS) is 15.7. The summed E-state index contributed by atoms with van der Waals surface area (Å²) in [6.07, 6.45) is 6.23. The lowest BCUT2D eigenvalue weighted by Gasteiger charge is -2.02. The Bertz CT molecular complexity index is 261. The van der Waals surface area contributed by atoms with Gasteiger partial charge in [-0.15, -0.1) is 11.8 Å². The van der Waals surface area contributed by atoms with Crippen LogP contribution in [0.1, 0.15) is 12.8 Å². The third-order valence-electron chi connectivity index (χ3n) is 2.21. The van der Waals surface area contributed by atoms with Crippen LogP contribution in [-0.4, -0.2) is 28.8 Å². The molecule has 0 bridgehead atoms. The Morgan fingerprint density at radius 3 is 3.14 bits per heavy atom. The predicted molar refractivity (Wildman–Crippen MR) is 58.3 cm³/mol. The van der Waals surface area contributed by atoms with Crippen LogP contribution in [0.5, 0.6) is 0 Å². The van der Waals surface area contributed by atoms with E-state index in [0.717, 1.165) is 23.2 Å². The van der Waals surface area contributed by atoms with Gasteiger partial charge in [-0.05, 0) is 31.4 Å². The molecule has 0 amide bonds. The molecule has 4 heteroatoms. The van der Waals surface area contributed by atoms with Crippen LogP contribution in [0.25, 0.3) is 0 Å². The molecule has 1 aliphatic carbocycles. The van der Waals surface area contributed by atoms with Gasteiger partial charge in [0.05, 0.1) is 5.03 Å². The number of aromatic nitrogens is 2. The van der Waals surface area contributed by atoms with Crippen molar-refractivity contribution in [2.24, 2.45) is 5.92 Å². The highest BCUT2D eigenvalue weighted by atomic mass is 32.2. The molecule has 14 heavy (non-hydrogen) atoms. The maximum Gasteiger partial charge on any atom is 0.116 e. The molecule has 0 aliphatic heterocycles. The molecule has 3 nitrogen and oxygen atoms in total. The molecule has 1 heterocycles. The Morgan fingerprint density at radius 2 is 2.43 bits per heavy atom. The average molecular weight is 209 g/mol. The molecule has 1 aliphatic rings. The number of hydrogen-bond acceptors (Lipinski definition) is 4. The highest BCUT2D eigenvalue weighted by Crippen LogP contribution is 2.27. The second kappa shape index (κ2) is 5.32. The zero-order chi connectivity index (χ0) is 9.64. The van der Waals surface area contributed by atoms with E-state index in [2.05, 4.69) is 15.3 Å². The van der Waals surface area contributed by atoms with Crippen LogP contribution < -0.4 is 5.32 Å². The summed E-state index contributed by atoms with van der Waals surface area (Å²) in [6.45, 7) is 2.27. The Balaban J connectivity index is 1.54. The summed E-state index contributed by atoms with van der Waals surface area (Å²) < 4.78 is 0. The zero-order valence-electron chi connectivity index (χ0n) is 8.15. The Hall–Kier alpha value is -0.610. The van der Waals surface area contributed by atoms with Crippen LogP contribution in [-0.2, 0) is 0 Å². The minimum atomic E-state index is 0.971. The van der Waals surface area contributed by atoms with Gasteiger partial charge in [0.15, 0.2) is 0 Å². The van der Waals surface area contributed by atoms with E-state index in [4.69, 9.17) is 0 Å². The van der Waals surface area contributed by atoms with Gasteiger partial charge >= 0.3 is 0 Å². The SMILES string of the molecule is c1cc(SCCNCC2CC2)ncn1. The van der Waals surface area contributed by atoms with Crippen molar-refractivity contribution in [1.29, 1.82) is 0 Å². The van der Waals surface area contributed by atoms with Gasteiger partial charge in [-0.25, -0.2) is 9.97 Å². The molecule has 1 aromatic rings. The van der Waals surface area contributed by atoms with E-state index in [1.165, 1.54) is 19.4 Å². The summed E-state index contributed by atoms with van der Waals surface area (Å²) in [4.78, 5) is 8.03. The second-order valence-electron chi connectivity index (χ2n) is 3.54. The first kappa shape index (κ1) is 9.93. The third-order valence-corrected chi connectivity index (χ3v) is 3.16. The fourth-order valence-corrected chi connectivity index (χ4v) is 1.95. The van der Waals surface area contributed by atoms with Crippen LogP contribution >= 0.6 is 11.8 Å². The molecule has 76 valence electrons. The molecular weight excluding hydrogens is 194 g/mol. The summed E-state index contributed by atoms with van der Waals surface area (Å²) >= 11 is 1.78. The number of rotatable bonds is 6. The first-order valence-electron chi connectivity index (χ1n) is 5.04. The Morgan fingerprint density at radius 1 is 1.50 bits per heavy atom. The molecule has 0 unspecified atom stereocenters. The molecule has 0 aromatic carbocycles. The van der Waals surface area contributed by atoms with Crippen molar-refractivity contribution in [3.8, 4) is 0 Å². The van der Waals surface area contributed by atoms with Gasteiger partial charge < -0.3 is 5.32 Å². The van der Waals surface area contributed by atoms with Crippen molar-refractivity contribution in [2.75, 3.05) is 18.8 Å². The van der Waals surface area contributed by atoms with Crippen molar-refractivity contribution in [3.05, 3.63) is 18.6 Å². The van der Waals surface area contributed by atoms with Crippen LogP contribution in [0.4, 0.5) is 0 Å². The largest absolute Gasteiger partial charge is 0.316 e. The van der Waals surface area contributed by atoms with Crippen molar-refractivity contribution in [1.82, 2.24) is 15.3 Å². The standard InChI is InChI=1S/C10H15N3S/c1-2-9(1)7-11-5-6-14-10-3-4-12-8-13-10/h3-4,8-9,11H,1-2,5-7H2. The van der Waals surface area contributed by atoms with Gasteiger partial charge in [0.1, 0.15) is 6.33 Å². The molecule has 0 spiro atoms. The van der Waals surface area contributed by atoms with E-state index in [1.807, 2.05) is 6.07 Å². The van der Waals surface area contributed by atoms with Crippen molar-refractivity contribution in [3.63, 3.8) is 0 Å². The Labute approximate surface area is 88.7 Å². The minimum Gasteiger partial charge on any atom is -0.316 e. The highest BCUT2D eigenvalue weighted by molar-refractivity contribution is 7.99. The zero-order valence-corrected chi connectivity index (χ0v) is 8.96. The van der Waals surface area contributed by atoms with Gasteiger partial charge in [0.25, 0.3) is 0 Å². The van der Waals surface area contributed by atoms with E-state index in [1.54, 1.807) is 24.3 Å². The molecule has 0 radical (unpaired) electrons. The summed E-state index contributed by atoms with van der Waals surface area (Å²) in [5.41, 5.74) is 0. The number of nitrogens with zero attached hydrogens (tertiary/aromatic N) is 2. The van der Waals surface area contributed by atoms with E-state index >= 15 is 0 Å². The van der Waals surface area contributed by atoms with Crippen LogP contribution in [0.2, 0.25) is 0 Å². The molecule has 0 saturated heterocycles. The predicted octanol–water partition coefficient (Wildman–Crippen LogP) is 1.57. The lowest BCUT2D eigenvalue weighted by Crippen LogP contribution is -2.19. The fourth-order valence-electron chi connectivity index (χ4n) is 1.22. The summed E-state index contributed by atoms with van der Waals surface area (Å²) in [5, 5.41) is 4.52.